The molecule has 0 saturated heterocycles. The predicted octanol–water partition coefficient (Wildman–Crippen LogP) is 4.89. The second kappa shape index (κ2) is 13.2. The molecule has 1 atom stereocenters. The molecular weight excluding hydrogens is 517 g/mol. The molecule has 0 radical (unpaired) electrons. The molecule has 2 aromatic carbocycles. The van der Waals surface area contributed by atoms with Gasteiger partial charge in [-0.05, 0) is 62.1 Å². The number of sulfonamides is 1. The Hall–Kier alpha value is -2.65. The van der Waals surface area contributed by atoms with E-state index in [0.717, 1.165) is 38.4 Å². The predicted molar refractivity (Wildman–Crippen MR) is 144 cm³/mol. The number of anilines is 1. The van der Waals surface area contributed by atoms with Gasteiger partial charge in [-0.25, -0.2) is 12.8 Å². The van der Waals surface area contributed by atoms with E-state index < -0.39 is 16.1 Å². The molecule has 37 heavy (non-hydrogen) atoms. The van der Waals surface area contributed by atoms with Gasteiger partial charge in [0.15, 0.2) is 0 Å². The van der Waals surface area contributed by atoms with Gasteiger partial charge in [0.2, 0.25) is 21.8 Å². The molecule has 0 heterocycles. The van der Waals surface area contributed by atoms with Crippen molar-refractivity contribution in [3.8, 4) is 0 Å². The van der Waals surface area contributed by atoms with Crippen molar-refractivity contribution in [1.29, 1.82) is 0 Å². The van der Waals surface area contributed by atoms with E-state index >= 15 is 0 Å². The zero-order valence-corrected chi connectivity index (χ0v) is 22.9. The number of carbonyl (C=O) groups is 2. The summed E-state index contributed by atoms with van der Waals surface area (Å²) < 4.78 is 39.5. The Kier molecular flexibility index (Phi) is 10.3. The molecule has 10 heteroatoms. The van der Waals surface area contributed by atoms with E-state index in [0.29, 0.717) is 16.3 Å². The van der Waals surface area contributed by atoms with E-state index in [9.17, 15) is 22.4 Å². The number of halogens is 2. The van der Waals surface area contributed by atoms with Crippen LogP contribution in [0, 0.1) is 5.82 Å². The second-order valence-electron chi connectivity index (χ2n) is 9.59. The van der Waals surface area contributed by atoms with Crippen LogP contribution < -0.4 is 9.62 Å². The van der Waals surface area contributed by atoms with Crippen LogP contribution in [-0.2, 0) is 26.2 Å². The summed E-state index contributed by atoms with van der Waals surface area (Å²) >= 11 is 6.04. The van der Waals surface area contributed by atoms with Crippen molar-refractivity contribution in [2.75, 3.05) is 17.1 Å². The number of benzene rings is 2. The molecule has 1 N–H and O–H groups in total. The summed E-state index contributed by atoms with van der Waals surface area (Å²) in [6.45, 7) is 1.91. The molecule has 1 saturated carbocycles. The number of nitrogens with zero attached hydrogens (tertiary/aromatic N) is 2. The monoisotopic (exact) mass is 551 g/mol. The van der Waals surface area contributed by atoms with Gasteiger partial charge in [0.05, 0.1) is 11.9 Å². The quantitative estimate of drug-likeness (QED) is 0.431. The van der Waals surface area contributed by atoms with Gasteiger partial charge in [-0.3, -0.25) is 13.9 Å². The molecule has 0 bridgehead atoms. The minimum atomic E-state index is -3.60. The summed E-state index contributed by atoms with van der Waals surface area (Å²) in [7, 11) is -3.60. The number of amides is 2. The average Bonchev–Trinajstić information content (AvgIpc) is 2.85. The Morgan fingerprint density at radius 2 is 1.78 bits per heavy atom. The van der Waals surface area contributed by atoms with Crippen LogP contribution in [0.3, 0.4) is 0 Å². The third-order valence-corrected chi connectivity index (χ3v) is 8.06. The van der Waals surface area contributed by atoms with E-state index in [1.165, 1.54) is 21.3 Å². The van der Waals surface area contributed by atoms with Gasteiger partial charge >= 0.3 is 0 Å². The Labute approximate surface area is 224 Å². The van der Waals surface area contributed by atoms with Gasteiger partial charge in [0.25, 0.3) is 0 Å². The molecule has 0 aromatic heterocycles. The zero-order valence-electron chi connectivity index (χ0n) is 21.3. The van der Waals surface area contributed by atoms with E-state index in [2.05, 4.69) is 5.32 Å². The van der Waals surface area contributed by atoms with Crippen LogP contribution in [0.5, 0.6) is 0 Å². The number of nitrogens with one attached hydrogen (secondary N) is 1. The molecule has 0 spiro atoms. The minimum absolute atomic E-state index is 0.0365. The Morgan fingerprint density at radius 1 is 1.11 bits per heavy atom. The van der Waals surface area contributed by atoms with Crippen molar-refractivity contribution in [3.05, 3.63) is 64.9 Å². The molecule has 1 aliphatic rings. The highest BCUT2D eigenvalue weighted by Gasteiger charge is 2.28. The molecular formula is C27H35ClFN3O4S. The smallest absolute Gasteiger partial charge is 0.242 e. The maximum Gasteiger partial charge on any atom is 0.242 e. The maximum absolute atomic E-state index is 13.4. The third kappa shape index (κ3) is 8.71. The van der Waals surface area contributed by atoms with E-state index in [4.69, 9.17) is 11.6 Å². The van der Waals surface area contributed by atoms with Crippen molar-refractivity contribution in [2.24, 2.45) is 0 Å². The van der Waals surface area contributed by atoms with Crippen molar-refractivity contribution < 1.29 is 22.4 Å². The number of hydrogen-bond donors (Lipinski definition) is 1. The topological polar surface area (TPSA) is 86.8 Å². The van der Waals surface area contributed by atoms with Crippen molar-refractivity contribution in [1.82, 2.24) is 10.2 Å². The van der Waals surface area contributed by atoms with E-state index in [1.807, 2.05) is 0 Å². The van der Waals surface area contributed by atoms with E-state index in [1.54, 1.807) is 43.3 Å². The molecule has 1 fully saturated rings. The Balaban J connectivity index is 1.71. The molecule has 0 aliphatic heterocycles. The van der Waals surface area contributed by atoms with Crippen molar-refractivity contribution >= 4 is 39.1 Å². The fraction of sp³-hybridized carbons (Fsp3) is 0.481. The first-order chi connectivity index (χ1) is 17.5. The molecule has 2 aromatic rings. The molecule has 3 rings (SSSR count). The summed E-state index contributed by atoms with van der Waals surface area (Å²) in [6, 6.07) is 11.7. The van der Waals surface area contributed by atoms with Gasteiger partial charge in [-0.15, -0.1) is 0 Å². The van der Waals surface area contributed by atoms with Crippen molar-refractivity contribution in [2.45, 2.75) is 70.5 Å². The highest BCUT2D eigenvalue weighted by Crippen LogP contribution is 2.23. The van der Waals surface area contributed by atoms with Crippen LogP contribution in [0.1, 0.15) is 57.4 Å². The summed E-state index contributed by atoms with van der Waals surface area (Å²) in [5.74, 6) is -0.888. The summed E-state index contributed by atoms with van der Waals surface area (Å²) in [6.07, 6.45) is 6.54. The Morgan fingerprint density at radius 3 is 2.41 bits per heavy atom. The van der Waals surface area contributed by atoms with Gasteiger partial charge in [0.1, 0.15) is 11.9 Å². The van der Waals surface area contributed by atoms with Gasteiger partial charge < -0.3 is 10.2 Å². The standard InChI is InChI=1S/C27H35ClFN3O4S/c1-20(27(34)30-24-9-4-3-5-10-24)31(19-21-13-15-23(29)16-14-21)26(33)12-7-17-32(37(2,35)36)25-11-6-8-22(28)18-25/h6,8,11,13-16,18,20,24H,3-5,7,9-10,12,17,19H2,1-2H3,(H,30,34). The highest BCUT2D eigenvalue weighted by molar-refractivity contribution is 7.92. The third-order valence-electron chi connectivity index (χ3n) is 6.63. The van der Waals surface area contributed by atoms with Crippen molar-refractivity contribution in [3.63, 3.8) is 0 Å². The summed E-state index contributed by atoms with van der Waals surface area (Å²) in [5.41, 5.74) is 1.12. The van der Waals surface area contributed by atoms with Crippen LogP contribution in [0.2, 0.25) is 5.02 Å². The fourth-order valence-electron chi connectivity index (χ4n) is 4.57. The number of hydrogen-bond acceptors (Lipinski definition) is 4. The van der Waals surface area contributed by atoms with Gasteiger partial charge in [-0.2, -0.15) is 0 Å². The molecule has 1 aliphatic carbocycles. The van der Waals surface area contributed by atoms with Gasteiger partial charge in [-0.1, -0.05) is 49.1 Å². The molecule has 202 valence electrons. The SMILES string of the molecule is CC(C(=O)NC1CCCCC1)N(Cc1ccc(F)cc1)C(=O)CCCN(c1cccc(Cl)c1)S(C)(=O)=O. The normalized spacial score (nSPS) is 15.1. The van der Waals surface area contributed by atoms with Crippen LogP contribution in [0.15, 0.2) is 48.5 Å². The first-order valence-electron chi connectivity index (χ1n) is 12.6. The van der Waals surface area contributed by atoms with Crippen LogP contribution in [0.4, 0.5) is 10.1 Å². The lowest BCUT2D eigenvalue weighted by Gasteiger charge is -2.31. The van der Waals surface area contributed by atoms with Crippen LogP contribution in [0.25, 0.3) is 0 Å². The fourth-order valence-corrected chi connectivity index (χ4v) is 5.71. The molecule has 1 unspecified atom stereocenters. The molecule has 7 nitrogen and oxygen atoms in total. The van der Waals surface area contributed by atoms with Crippen LogP contribution in [-0.4, -0.2) is 50.0 Å². The number of carbonyl (C=O) groups excluding carboxylic acids is 2. The summed E-state index contributed by atoms with van der Waals surface area (Å²) in [5, 5.41) is 3.48. The lowest BCUT2D eigenvalue weighted by atomic mass is 9.95. The lowest BCUT2D eigenvalue weighted by molar-refractivity contribution is -0.141. The zero-order chi connectivity index (χ0) is 27.0. The highest BCUT2D eigenvalue weighted by atomic mass is 35.5. The first kappa shape index (κ1) is 28.9. The first-order valence-corrected chi connectivity index (χ1v) is 14.8. The summed E-state index contributed by atoms with van der Waals surface area (Å²) in [4.78, 5) is 27.9. The largest absolute Gasteiger partial charge is 0.352 e. The van der Waals surface area contributed by atoms with Crippen LogP contribution >= 0.6 is 11.6 Å². The maximum atomic E-state index is 13.4. The lowest BCUT2D eigenvalue weighted by Crippen LogP contribution is -2.50. The minimum Gasteiger partial charge on any atom is -0.352 e. The Bertz CT molecular complexity index is 1170. The van der Waals surface area contributed by atoms with E-state index in [-0.39, 0.29) is 49.6 Å². The molecule has 2 amide bonds. The van der Waals surface area contributed by atoms with Gasteiger partial charge in [0, 0.05) is 30.6 Å². The average molecular weight is 552 g/mol. The number of rotatable bonds is 11. The second-order valence-corrected chi connectivity index (χ2v) is 11.9.